The summed E-state index contributed by atoms with van der Waals surface area (Å²) in [4.78, 5) is 2.06. The molecule has 82 valence electrons. The lowest BCUT2D eigenvalue weighted by molar-refractivity contribution is 0.519. The van der Waals surface area contributed by atoms with Crippen LogP contribution >= 0.6 is 15.9 Å². The normalized spacial score (nSPS) is 14.2. The summed E-state index contributed by atoms with van der Waals surface area (Å²) >= 11 is 3.56. The molecule has 3 rings (SSSR count). The maximum atomic E-state index is 5.45. The van der Waals surface area contributed by atoms with Gasteiger partial charge in [0.1, 0.15) is 0 Å². The number of nitrogens with zero attached hydrogens (tertiary/aromatic N) is 3. The molecule has 16 heavy (non-hydrogen) atoms. The van der Waals surface area contributed by atoms with Crippen LogP contribution in [-0.4, -0.2) is 16.7 Å². The Bertz CT molecular complexity index is 538. The van der Waals surface area contributed by atoms with Crippen molar-refractivity contribution in [2.75, 3.05) is 11.4 Å². The lowest BCUT2D eigenvalue weighted by atomic mass is 10.2. The van der Waals surface area contributed by atoms with E-state index in [1.165, 1.54) is 5.56 Å². The van der Waals surface area contributed by atoms with Gasteiger partial charge < -0.3 is 4.42 Å². The molecular formula is C11H10BrN3O. The Labute approximate surface area is 101 Å². The number of aryl methyl sites for hydroxylation is 1. The van der Waals surface area contributed by atoms with E-state index in [9.17, 15) is 0 Å². The number of fused-ring (bicyclic) bond motifs is 1. The fourth-order valence-electron chi connectivity index (χ4n) is 1.99. The molecule has 1 aromatic heterocycles. The van der Waals surface area contributed by atoms with Gasteiger partial charge in [-0.1, -0.05) is 27.1 Å². The minimum Gasteiger partial charge on any atom is -0.408 e. The largest absolute Gasteiger partial charge is 0.408 e. The summed E-state index contributed by atoms with van der Waals surface area (Å²) in [5, 5.41) is 7.91. The van der Waals surface area contributed by atoms with E-state index >= 15 is 0 Å². The maximum Gasteiger partial charge on any atom is 0.322 e. The Morgan fingerprint density at radius 1 is 1.38 bits per heavy atom. The SMILES string of the molecule is Cc1nnc(N2CCc3c(Br)cccc32)o1. The lowest BCUT2D eigenvalue weighted by Crippen LogP contribution is -2.13. The summed E-state index contributed by atoms with van der Waals surface area (Å²) in [5.41, 5.74) is 2.45. The van der Waals surface area contributed by atoms with Crippen LogP contribution in [0.3, 0.4) is 0 Å². The zero-order valence-electron chi connectivity index (χ0n) is 8.77. The number of rotatable bonds is 1. The van der Waals surface area contributed by atoms with Crippen molar-refractivity contribution in [2.24, 2.45) is 0 Å². The number of halogens is 1. The van der Waals surface area contributed by atoms with Crippen LogP contribution in [0.15, 0.2) is 27.1 Å². The smallest absolute Gasteiger partial charge is 0.322 e. The van der Waals surface area contributed by atoms with Gasteiger partial charge >= 0.3 is 6.01 Å². The first-order chi connectivity index (χ1) is 7.75. The highest BCUT2D eigenvalue weighted by Crippen LogP contribution is 2.37. The molecule has 0 spiro atoms. The molecule has 2 heterocycles. The fraction of sp³-hybridized carbons (Fsp3) is 0.273. The van der Waals surface area contributed by atoms with Crippen molar-refractivity contribution in [1.29, 1.82) is 0 Å². The molecular weight excluding hydrogens is 270 g/mol. The van der Waals surface area contributed by atoms with E-state index in [-0.39, 0.29) is 0 Å². The van der Waals surface area contributed by atoms with Crippen LogP contribution in [0.5, 0.6) is 0 Å². The number of benzene rings is 1. The molecule has 0 atom stereocenters. The highest BCUT2D eigenvalue weighted by Gasteiger charge is 2.25. The van der Waals surface area contributed by atoms with Gasteiger partial charge in [-0.05, 0) is 24.1 Å². The summed E-state index contributed by atoms with van der Waals surface area (Å²) in [7, 11) is 0. The Hall–Kier alpha value is -1.36. The minimum atomic E-state index is 0.578. The summed E-state index contributed by atoms with van der Waals surface area (Å²) < 4.78 is 6.59. The quantitative estimate of drug-likeness (QED) is 0.805. The lowest BCUT2D eigenvalue weighted by Gasteiger charge is -2.13. The van der Waals surface area contributed by atoms with Crippen molar-refractivity contribution >= 4 is 27.6 Å². The first-order valence-electron chi connectivity index (χ1n) is 5.11. The van der Waals surface area contributed by atoms with Crippen LogP contribution in [-0.2, 0) is 6.42 Å². The van der Waals surface area contributed by atoms with Crippen molar-refractivity contribution in [3.05, 3.63) is 34.1 Å². The van der Waals surface area contributed by atoms with E-state index in [1.54, 1.807) is 6.92 Å². The number of anilines is 2. The van der Waals surface area contributed by atoms with Crippen LogP contribution in [0.25, 0.3) is 0 Å². The van der Waals surface area contributed by atoms with Gasteiger partial charge in [-0.15, -0.1) is 5.10 Å². The van der Waals surface area contributed by atoms with Gasteiger partial charge in [0.05, 0.1) is 0 Å². The van der Waals surface area contributed by atoms with Crippen molar-refractivity contribution in [1.82, 2.24) is 10.2 Å². The summed E-state index contributed by atoms with van der Waals surface area (Å²) in [6.45, 7) is 2.69. The first kappa shape index (κ1) is 9.84. The number of hydrogen-bond acceptors (Lipinski definition) is 4. The molecule has 2 aromatic rings. The van der Waals surface area contributed by atoms with Gasteiger partial charge in [0.15, 0.2) is 0 Å². The van der Waals surface area contributed by atoms with Crippen molar-refractivity contribution in [2.45, 2.75) is 13.3 Å². The number of hydrogen-bond donors (Lipinski definition) is 0. The second kappa shape index (κ2) is 3.59. The van der Waals surface area contributed by atoms with Crippen molar-refractivity contribution < 1.29 is 4.42 Å². The van der Waals surface area contributed by atoms with Crippen LogP contribution in [0.2, 0.25) is 0 Å². The van der Waals surface area contributed by atoms with E-state index in [0.29, 0.717) is 11.9 Å². The molecule has 5 heteroatoms. The minimum absolute atomic E-state index is 0.578. The van der Waals surface area contributed by atoms with Crippen molar-refractivity contribution in [3.8, 4) is 0 Å². The average Bonchev–Trinajstić information content (AvgIpc) is 2.84. The Kier molecular flexibility index (Phi) is 2.21. The molecule has 0 bridgehead atoms. The van der Waals surface area contributed by atoms with Crippen LogP contribution < -0.4 is 4.90 Å². The van der Waals surface area contributed by atoms with Gasteiger partial charge in [0.2, 0.25) is 5.89 Å². The molecule has 1 aliphatic rings. The first-order valence-corrected chi connectivity index (χ1v) is 5.90. The molecule has 0 saturated heterocycles. The molecule has 0 amide bonds. The summed E-state index contributed by atoms with van der Waals surface area (Å²) in [6, 6.07) is 6.73. The highest BCUT2D eigenvalue weighted by atomic mass is 79.9. The van der Waals surface area contributed by atoms with Crippen LogP contribution in [0.4, 0.5) is 11.7 Å². The third kappa shape index (κ3) is 1.43. The van der Waals surface area contributed by atoms with E-state index < -0.39 is 0 Å². The Morgan fingerprint density at radius 2 is 2.25 bits per heavy atom. The third-order valence-electron chi connectivity index (χ3n) is 2.72. The molecule has 1 aromatic carbocycles. The zero-order chi connectivity index (χ0) is 11.1. The van der Waals surface area contributed by atoms with Crippen LogP contribution in [0, 0.1) is 6.92 Å². The predicted octanol–water partition coefficient (Wildman–Crippen LogP) is 2.83. The number of aromatic nitrogens is 2. The van der Waals surface area contributed by atoms with Gasteiger partial charge in [-0.2, -0.15) is 0 Å². The zero-order valence-corrected chi connectivity index (χ0v) is 10.4. The average molecular weight is 280 g/mol. The van der Waals surface area contributed by atoms with Crippen LogP contribution in [0.1, 0.15) is 11.5 Å². The molecule has 0 N–H and O–H groups in total. The third-order valence-corrected chi connectivity index (χ3v) is 3.46. The van der Waals surface area contributed by atoms with Gasteiger partial charge in [-0.3, -0.25) is 4.90 Å². The topological polar surface area (TPSA) is 42.2 Å². The van der Waals surface area contributed by atoms with E-state index in [0.717, 1.165) is 23.1 Å². The molecule has 0 saturated carbocycles. The Balaban J connectivity index is 2.06. The molecule has 1 aliphatic heterocycles. The Morgan fingerprint density at radius 3 is 3.00 bits per heavy atom. The monoisotopic (exact) mass is 279 g/mol. The fourth-order valence-corrected chi connectivity index (χ4v) is 2.54. The second-order valence-corrected chi connectivity index (χ2v) is 4.60. The summed E-state index contributed by atoms with van der Waals surface area (Å²) in [6.07, 6.45) is 0.998. The standard InChI is InChI=1S/C11H10BrN3O/c1-7-13-14-11(16-7)15-6-5-8-9(12)3-2-4-10(8)15/h2-4H,5-6H2,1H3. The predicted molar refractivity (Wildman–Crippen MR) is 63.9 cm³/mol. The van der Waals surface area contributed by atoms with Crippen molar-refractivity contribution in [3.63, 3.8) is 0 Å². The molecule has 0 aliphatic carbocycles. The molecule has 0 unspecified atom stereocenters. The molecule has 0 radical (unpaired) electrons. The molecule has 0 fully saturated rings. The maximum absolute atomic E-state index is 5.45. The van der Waals surface area contributed by atoms with Gasteiger partial charge in [0.25, 0.3) is 0 Å². The molecule has 4 nitrogen and oxygen atoms in total. The summed E-state index contributed by atoms with van der Waals surface area (Å²) in [5.74, 6) is 0.596. The van der Waals surface area contributed by atoms with Gasteiger partial charge in [-0.25, -0.2) is 0 Å². The van der Waals surface area contributed by atoms with E-state index in [2.05, 4.69) is 43.2 Å². The second-order valence-electron chi connectivity index (χ2n) is 3.74. The highest BCUT2D eigenvalue weighted by molar-refractivity contribution is 9.10. The van der Waals surface area contributed by atoms with E-state index in [1.807, 2.05) is 6.07 Å². The van der Waals surface area contributed by atoms with Gasteiger partial charge in [0, 0.05) is 23.6 Å². The van der Waals surface area contributed by atoms with E-state index in [4.69, 9.17) is 4.42 Å².